The summed E-state index contributed by atoms with van der Waals surface area (Å²) in [4.78, 5) is 30.2. The first-order chi connectivity index (χ1) is 12.9. The molecule has 0 spiro atoms. The van der Waals surface area contributed by atoms with Crippen LogP contribution in [-0.4, -0.2) is 54.3 Å². The van der Waals surface area contributed by atoms with Gasteiger partial charge in [0.15, 0.2) is 0 Å². The zero-order chi connectivity index (χ0) is 19.4. The molecule has 1 saturated heterocycles. The van der Waals surface area contributed by atoms with Crippen LogP contribution in [0.1, 0.15) is 26.4 Å². The molecule has 1 aromatic carbocycles. The normalized spacial score (nSPS) is 15.0. The topological polar surface area (TPSA) is 52.7 Å². The summed E-state index contributed by atoms with van der Waals surface area (Å²) < 4.78 is 1.14. The Morgan fingerprint density at radius 1 is 1.07 bits per heavy atom. The van der Waals surface area contributed by atoms with E-state index in [0.717, 1.165) is 34.5 Å². The molecule has 1 aromatic heterocycles. The molecule has 1 N–H and O–H groups in total. The van der Waals surface area contributed by atoms with Crippen molar-refractivity contribution in [2.24, 2.45) is 0 Å². The summed E-state index contributed by atoms with van der Waals surface area (Å²) >= 11 is 5.24. The molecule has 1 aliphatic rings. The number of nitrogens with one attached hydrogen (secondary N) is 1. The average Bonchev–Trinajstić information content (AvgIpc) is 3.07. The van der Waals surface area contributed by atoms with E-state index >= 15 is 0 Å². The van der Waals surface area contributed by atoms with Gasteiger partial charge in [-0.2, -0.15) is 0 Å². The monoisotopic (exact) mass is 449 g/mol. The lowest BCUT2D eigenvalue weighted by atomic mass is 10.1. The van der Waals surface area contributed by atoms with Crippen molar-refractivity contribution in [2.45, 2.75) is 20.4 Å². The van der Waals surface area contributed by atoms with Gasteiger partial charge in [0.1, 0.15) is 0 Å². The number of hydrogen-bond acceptors (Lipinski definition) is 4. The van der Waals surface area contributed by atoms with E-state index in [-0.39, 0.29) is 18.4 Å². The second-order valence-corrected chi connectivity index (χ2v) is 9.39. The summed E-state index contributed by atoms with van der Waals surface area (Å²) in [6, 6.07) is 9.78. The molecule has 0 aliphatic carbocycles. The third kappa shape index (κ3) is 5.40. The zero-order valence-corrected chi connectivity index (χ0v) is 18.0. The van der Waals surface area contributed by atoms with Gasteiger partial charge in [-0.3, -0.25) is 14.5 Å². The Labute approximate surface area is 172 Å². The number of carbonyl (C=O) groups is 2. The average molecular weight is 450 g/mol. The molecule has 0 bridgehead atoms. The number of amides is 2. The van der Waals surface area contributed by atoms with Gasteiger partial charge in [-0.1, -0.05) is 6.07 Å². The fourth-order valence-corrected chi connectivity index (χ4v) is 4.59. The summed E-state index contributed by atoms with van der Waals surface area (Å²) in [7, 11) is 0. The highest BCUT2D eigenvalue weighted by Gasteiger charge is 2.22. The number of hydrogen-bond donors (Lipinski definition) is 1. The summed E-state index contributed by atoms with van der Waals surface area (Å²) in [5.41, 5.74) is 2.82. The van der Waals surface area contributed by atoms with E-state index in [2.05, 4.69) is 38.3 Å². The number of carbonyl (C=O) groups excluding carboxylic acids is 2. The van der Waals surface area contributed by atoms with Crippen LogP contribution in [0.2, 0.25) is 0 Å². The first-order valence-corrected chi connectivity index (χ1v) is 10.6. The molecule has 1 fully saturated rings. The molecular weight excluding hydrogens is 426 g/mol. The predicted molar refractivity (Wildman–Crippen MR) is 112 cm³/mol. The van der Waals surface area contributed by atoms with Crippen LogP contribution in [0.4, 0.5) is 0 Å². The van der Waals surface area contributed by atoms with E-state index in [0.29, 0.717) is 18.7 Å². The van der Waals surface area contributed by atoms with E-state index < -0.39 is 0 Å². The van der Waals surface area contributed by atoms with E-state index in [1.54, 1.807) is 17.4 Å². The largest absolute Gasteiger partial charge is 0.343 e. The first kappa shape index (κ1) is 20.0. The van der Waals surface area contributed by atoms with Crippen LogP contribution < -0.4 is 5.32 Å². The minimum Gasteiger partial charge on any atom is -0.343 e. The Morgan fingerprint density at radius 2 is 1.81 bits per heavy atom. The fraction of sp³-hybridized carbons (Fsp3) is 0.400. The molecule has 5 nitrogen and oxygen atoms in total. The molecule has 27 heavy (non-hydrogen) atoms. The maximum Gasteiger partial charge on any atom is 0.251 e. The Bertz CT molecular complexity index is 828. The van der Waals surface area contributed by atoms with Gasteiger partial charge in [-0.15, -0.1) is 11.3 Å². The summed E-state index contributed by atoms with van der Waals surface area (Å²) in [6.45, 7) is 8.06. The maximum atomic E-state index is 12.4. The van der Waals surface area contributed by atoms with Crippen LogP contribution in [-0.2, 0) is 11.3 Å². The van der Waals surface area contributed by atoms with Crippen molar-refractivity contribution in [3.05, 3.63) is 55.7 Å². The summed E-state index contributed by atoms with van der Waals surface area (Å²) in [5, 5.41) is 2.75. The maximum absolute atomic E-state index is 12.4. The lowest BCUT2D eigenvalue weighted by molar-refractivity contribution is -0.131. The quantitative estimate of drug-likeness (QED) is 0.762. The molecule has 3 rings (SSSR count). The smallest absolute Gasteiger partial charge is 0.251 e. The number of halogens is 1. The Kier molecular flexibility index (Phi) is 6.68. The van der Waals surface area contributed by atoms with Gasteiger partial charge >= 0.3 is 0 Å². The van der Waals surface area contributed by atoms with Crippen LogP contribution in [0.25, 0.3) is 0 Å². The van der Waals surface area contributed by atoms with Gasteiger partial charge in [-0.25, -0.2) is 0 Å². The van der Waals surface area contributed by atoms with Crippen LogP contribution in [0.3, 0.4) is 0 Å². The van der Waals surface area contributed by atoms with Crippen molar-refractivity contribution in [3.8, 4) is 0 Å². The van der Waals surface area contributed by atoms with Crippen molar-refractivity contribution < 1.29 is 9.59 Å². The third-order valence-electron chi connectivity index (χ3n) is 4.90. The SMILES string of the molecule is Cc1ccc(C(=O)NCC(=O)N2CCN(Cc3ccc(Br)s3)CC2)cc1C. The van der Waals surface area contributed by atoms with Crippen molar-refractivity contribution in [2.75, 3.05) is 32.7 Å². The van der Waals surface area contributed by atoms with Gasteiger partial charge in [0.05, 0.1) is 10.3 Å². The summed E-state index contributed by atoms with van der Waals surface area (Å²) in [6.07, 6.45) is 0. The molecule has 2 heterocycles. The van der Waals surface area contributed by atoms with Gasteiger partial charge in [-0.05, 0) is 65.2 Å². The number of thiophene rings is 1. The predicted octanol–water partition coefficient (Wildman–Crippen LogP) is 3.20. The minimum absolute atomic E-state index is 0.0225. The number of aryl methyl sites for hydroxylation is 2. The van der Waals surface area contributed by atoms with E-state index in [1.807, 2.05) is 30.9 Å². The number of rotatable bonds is 5. The fourth-order valence-electron chi connectivity index (χ4n) is 3.06. The molecule has 7 heteroatoms. The molecule has 0 atom stereocenters. The number of piperazine rings is 1. The minimum atomic E-state index is -0.201. The van der Waals surface area contributed by atoms with Crippen LogP contribution >= 0.6 is 27.3 Å². The molecule has 0 saturated carbocycles. The lowest BCUT2D eigenvalue weighted by Gasteiger charge is -2.34. The van der Waals surface area contributed by atoms with Gasteiger partial charge in [0.25, 0.3) is 5.91 Å². The van der Waals surface area contributed by atoms with Gasteiger partial charge < -0.3 is 10.2 Å². The molecule has 0 radical (unpaired) electrons. The highest BCUT2D eigenvalue weighted by Crippen LogP contribution is 2.23. The molecule has 144 valence electrons. The van der Waals surface area contributed by atoms with Gasteiger partial charge in [0, 0.05) is 43.2 Å². The zero-order valence-electron chi connectivity index (χ0n) is 15.6. The van der Waals surface area contributed by atoms with E-state index in [9.17, 15) is 9.59 Å². The molecular formula is C20H24BrN3O2S. The van der Waals surface area contributed by atoms with Crippen molar-refractivity contribution in [1.82, 2.24) is 15.1 Å². The Morgan fingerprint density at radius 3 is 2.44 bits per heavy atom. The second kappa shape index (κ2) is 8.99. The molecule has 2 aromatic rings. The van der Waals surface area contributed by atoms with Crippen LogP contribution in [0.15, 0.2) is 34.1 Å². The van der Waals surface area contributed by atoms with Crippen molar-refractivity contribution in [1.29, 1.82) is 0 Å². The highest BCUT2D eigenvalue weighted by atomic mass is 79.9. The number of benzene rings is 1. The van der Waals surface area contributed by atoms with E-state index in [1.165, 1.54) is 4.88 Å². The molecule has 2 amide bonds. The number of nitrogens with zero attached hydrogens (tertiary/aromatic N) is 2. The van der Waals surface area contributed by atoms with Crippen LogP contribution in [0, 0.1) is 13.8 Å². The highest BCUT2D eigenvalue weighted by molar-refractivity contribution is 9.11. The van der Waals surface area contributed by atoms with Crippen LogP contribution in [0.5, 0.6) is 0 Å². The lowest BCUT2D eigenvalue weighted by Crippen LogP contribution is -2.50. The first-order valence-electron chi connectivity index (χ1n) is 9.02. The Balaban J connectivity index is 1.43. The van der Waals surface area contributed by atoms with Crippen molar-refractivity contribution >= 4 is 39.1 Å². The molecule has 0 unspecified atom stereocenters. The second-order valence-electron chi connectivity index (χ2n) is 6.84. The van der Waals surface area contributed by atoms with Crippen molar-refractivity contribution in [3.63, 3.8) is 0 Å². The van der Waals surface area contributed by atoms with E-state index in [4.69, 9.17) is 0 Å². The Hall–Kier alpha value is -1.70. The summed E-state index contributed by atoms with van der Waals surface area (Å²) in [5.74, 6) is -0.223. The molecule has 1 aliphatic heterocycles. The van der Waals surface area contributed by atoms with Gasteiger partial charge in [0.2, 0.25) is 5.91 Å². The standard InChI is InChI=1S/C20H24BrN3O2S/c1-14-3-4-16(11-15(14)2)20(26)22-12-19(25)24-9-7-23(8-10-24)13-17-5-6-18(21)27-17/h3-6,11H,7-10,12-13H2,1-2H3,(H,22,26). The third-order valence-corrected chi connectivity index (χ3v) is 6.51.